The Balaban J connectivity index is 1.36. The van der Waals surface area contributed by atoms with Crippen molar-refractivity contribution in [1.29, 1.82) is 0 Å². The molecule has 1 saturated heterocycles. The van der Waals surface area contributed by atoms with Crippen molar-refractivity contribution in [3.63, 3.8) is 0 Å². The molecule has 7 nitrogen and oxygen atoms in total. The molecule has 2 aliphatic rings. The van der Waals surface area contributed by atoms with Crippen molar-refractivity contribution in [2.45, 2.75) is 12.8 Å². The second kappa shape index (κ2) is 9.77. The first-order chi connectivity index (χ1) is 15.6. The predicted molar refractivity (Wildman–Crippen MR) is 120 cm³/mol. The van der Waals surface area contributed by atoms with Gasteiger partial charge in [-0.05, 0) is 55.3 Å². The van der Waals surface area contributed by atoms with Crippen LogP contribution in [0.3, 0.4) is 0 Å². The third-order valence-electron chi connectivity index (χ3n) is 5.85. The van der Waals surface area contributed by atoms with Crippen LogP contribution in [0.1, 0.15) is 28.8 Å². The van der Waals surface area contributed by atoms with Crippen LogP contribution in [0, 0.1) is 5.92 Å². The summed E-state index contributed by atoms with van der Waals surface area (Å²) in [7, 11) is 3.18. The molecule has 0 aliphatic carbocycles. The largest absolute Gasteiger partial charge is 0.497 e. The number of fused-ring (bicyclic) bond motifs is 1. The number of methoxy groups -OCH3 is 2. The normalized spacial score (nSPS) is 16.1. The van der Waals surface area contributed by atoms with Crippen LogP contribution < -0.4 is 18.9 Å². The molecule has 2 aliphatic heterocycles. The fraction of sp³-hybridized carbons (Fsp3) is 0.360. The Hall–Kier alpha value is -3.48. The minimum Gasteiger partial charge on any atom is -0.497 e. The first-order valence-corrected chi connectivity index (χ1v) is 10.7. The smallest absolute Gasteiger partial charge is 0.246 e. The molecule has 2 aromatic carbocycles. The lowest BCUT2D eigenvalue weighted by Crippen LogP contribution is -2.39. The van der Waals surface area contributed by atoms with Crippen molar-refractivity contribution in [3.8, 4) is 23.0 Å². The average molecular weight is 437 g/mol. The molecule has 7 heteroatoms. The average Bonchev–Trinajstić information content (AvgIpc) is 2.86. The number of carbonyl (C=O) groups excluding carboxylic acids is 2. The molecule has 1 amide bonds. The number of Topliss-reactive ketones (excluding diaryl/α,β-unsaturated/α-hetero) is 1. The van der Waals surface area contributed by atoms with Crippen molar-refractivity contribution in [1.82, 2.24) is 4.90 Å². The minimum atomic E-state index is -0.107. The zero-order valence-electron chi connectivity index (χ0n) is 18.3. The van der Waals surface area contributed by atoms with Gasteiger partial charge in [0.05, 0.1) is 14.2 Å². The molecular weight excluding hydrogens is 410 g/mol. The van der Waals surface area contributed by atoms with Crippen LogP contribution in [0.2, 0.25) is 0 Å². The molecule has 0 bridgehead atoms. The number of piperidine rings is 1. The topological polar surface area (TPSA) is 74.3 Å². The number of hydrogen-bond acceptors (Lipinski definition) is 6. The number of carbonyl (C=O) groups is 2. The lowest BCUT2D eigenvalue weighted by molar-refractivity contribution is -0.127. The van der Waals surface area contributed by atoms with Crippen LogP contribution in [-0.4, -0.2) is 57.1 Å². The van der Waals surface area contributed by atoms with E-state index in [2.05, 4.69) is 0 Å². The molecule has 2 aromatic rings. The molecule has 0 N–H and O–H groups in total. The van der Waals surface area contributed by atoms with E-state index in [0.29, 0.717) is 67.7 Å². The Morgan fingerprint density at radius 3 is 2.44 bits per heavy atom. The van der Waals surface area contributed by atoms with E-state index in [9.17, 15) is 9.59 Å². The van der Waals surface area contributed by atoms with Crippen molar-refractivity contribution in [2.75, 3.05) is 40.5 Å². The van der Waals surface area contributed by atoms with Crippen LogP contribution >= 0.6 is 0 Å². The summed E-state index contributed by atoms with van der Waals surface area (Å²) in [6.07, 6.45) is 4.54. The number of hydrogen-bond donors (Lipinski definition) is 0. The molecule has 0 aromatic heterocycles. The number of nitrogens with zero attached hydrogens (tertiary/aromatic N) is 1. The van der Waals surface area contributed by atoms with Crippen molar-refractivity contribution in [3.05, 3.63) is 53.6 Å². The van der Waals surface area contributed by atoms with Gasteiger partial charge in [0.15, 0.2) is 17.3 Å². The predicted octanol–water partition coefficient (Wildman–Crippen LogP) is 3.61. The Morgan fingerprint density at radius 2 is 1.72 bits per heavy atom. The Kier molecular flexibility index (Phi) is 6.63. The van der Waals surface area contributed by atoms with E-state index in [-0.39, 0.29) is 17.6 Å². The van der Waals surface area contributed by atoms with Gasteiger partial charge in [-0.3, -0.25) is 9.59 Å². The summed E-state index contributed by atoms with van der Waals surface area (Å²) in [5, 5.41) is 0. The molecule has 0 radical (unpaired) electrons. The van der Waals surface area contributed by atoms with E-state index in [1.54, 1.807) is 55.5 Å². The molecule has 2 heterocycles. The van der Waals surface area contributed by atoms with Gasteiger partial charge in [-0.15, -0.1) is 0 Å². The van der Waals surface area contributed by atoms with Gasteiger partial charge >= 0.3 is 0 Å². The maximum absolute atomic E-state index is 13.0. The Bertz CT molecular complexity index is 1020. The Morgan fingerprint density at radius 1 is 0.969 bits per heavy atom. The summed E-state index contributed by atoms with van der Waals surface area (Å²) >= 11 is 0. The van der Waals surface area contributed by atoms with Crippen LogP contribution in [0.25, 0.3) is 6.08 Å². The number of rotatable bonds is 6. The van der Waals surface area contributed by atoms with Crippen LogP contribution in [0.5, 0.6) is 23.0 Å². The highest BCUT2D eigenvalue weighted by Gasteiger charge is 2.28. The minimum absolute atomic E-state index is 0.0832. The summed E-state index contributed by atoms with van der Waals surface area (Å²) in [5.41, 5.74) is 1.40. The first kappa shape index (κ1) is 21.7. The summed E-state index contributed by atoms with van der Waals surface area (Å²) in [6.45, 7) is 2.09. The highest BCUT2D eigenvalue weighted by atomic mass is 16.6. The summed E-state index contributed by atoms with van der Waals surface area (Å²) < 4.78 is 21.7. The molecule has 0 spiro atoms. The maximum atomic E-state index is 13.0. The summed E-state index contributed by atoms with van der Waals surface area (Å²) in [4.78, 5) is 27.4. The van der Waals surface area contributed by atoms with Crippen molar-refractivity contribution < 1.29 is 28.5 Å². The SMILES string of the molecule is COc1ccc(OC)c(C=CC(=O)N2CCC(C(=O)c3ccc4c(c3)OCCO4)CC2)c1. The van der Waals surface area contributed by atoms with E-state index in [1.165, 1.54) is 0 Å². The standard InChI is InChI=1S/C25H27NO6/c1-29-20-5-7-21(30-2)18(15-20)4-8-24(27)26-11-9-17(10-12-26)25(28)19-3-6-22-23(16-19)32-14-13-31-22/h3-8,15-17H,9-14H2,1-2H3. The van der Waals surface area contributed by atoms with Gasteiger partial charge in [0, 0.05) is 36.2 Å². The monoisotopic (exact) mass is 437 g/mol. The second-order valence-corrected chi connectivity index (χ2v) is 7.76. The fourth-order valence-electron chi connectivity index (χ4n) is 4.03. The van der Waals surface area contributed by atoms with Gasteiger partial charge in [0.2, 0.25) is 5.91 Å². The zero-order chi connectivity index (χ0) is 22.5. The van der Waals surface area contributed by atoms with Crippen molar-refractivity contribution >= 4 is 17.8 Å². The highest BCUT2D eigenvalue weighted by molar-refractivity contribution is 5.99. The maximum Gasteiger partial charge on any atom is 0.246 e. The molecule has 0 unspecified atom stereocenters. The van der Waals surface area contributed by atoms with E-state index < -0.39 is 0 Å². The molecule has 0 saturated carbocycles. The van der Waals surface area contributed by atoms with Crippen LogP contribution in [0.4, 0.5) is 0 Å². The lowest BCUT2D eigenvalue weighted by atomic mass is 9.88. The van der Waals surface area contributed by atoms with Gasteiger partial charge in [-0.2, -0.15) is 0 Å². The summed E-state index contributed by atoms with van der Waals surface area (Å²) in [5.74, 6) is 2.55. The third-order valence-corrected chi connectivity index (χ3v) is 5.85. The van der Waals surface area contributed by atoms with Gasteiger partial charge in [0.25, 0.3) is 0 Å². The van der Waals surface area contributed by atoms with Gasteiger partial charge in [0.1, 0.15) is 24.7 Å². The van der Waals surface area contributed by atoms with Gasteiger partial charge in [-0.1, -0.05) is 0 Å². The number of benzene rings is 2. The molecule has 0 atom stereocenters. The summed E-state index contributed by atoms with van der Waals surface area (Å²) in [6, 6.07) is 10.8. The first-order valence-electron chi connectivity index (χ1n) is 10.7. The van der Waals surface area contributed by atoms with E-state index in [0.717, 1.165) is 5.56 Å². The second-order valence-electron chi connectivity index (χ2n) is 7.76. The fourth-order valence-corrected chi connectivity index (χ4v) is 4.03. The number of ether oxygens (including phenoxy) is 4. The quantitative estimate of drug-likeness (QED) is 0.508. The van der Waals surface area contributed by atoms with Crippen LogP contribution in [-0.2, 0) is 4.79 Å². The molecule has 4 rings (SSSR count). The zero-order valence-corrected chi connectivity index (χ0v) is 18.3. The number of amides is 1. The van der Waals surface area contributed by atoms with Crippen molar-refractivity contribution in [2.24, 2.45) is 5.92 Å². The van der Waals surface area contributed by atoms with E-state index >= 15 is 0 Å². The number of likely N-dealkylation sites (tertiary alicyclic amines) is 1. The van der Waals surface area contributed by atoms with Crippen LogP contribution in [0.15, 0.2) is 42.5 Å². The van der Waals surface area contributed by atoms with Gasteiger partial charge in [-0.25, -0.2) is 0 Å². The van der Waals surface area contributed by atoms with Gasteiger partial charge < -0.3 is 23.8 Å². The van der Waals surface area contributed by atoms with E-state index in [1.807, 2.05) is 12.1 Å². The molecule has 168 valence electrons. The van der Waals surface area contributed by atoms with E-state index in [4.69, 9.17) is 18.9 Å². The number of ketones is 1. The highest BCUT2D eigenvalue weighted by Crippen LogP contribution is 2.32. The molecular formula is C25H27NO6. The molecule has 1 fully saturated rings. The third kappa shape index (κ3) is 4.72. The molecule has 32 heavy (non-hydrogen) atoms. The lowest BCUT2D eigenvalue weighted by Gasteiger charge is -2.30. The Labute approximate surface area is 187 Å².